The summed E-state index contributed by atoms with van der Waals surface area (Å²) in [5, 5.41) is 3.17. The second kappa shape index (κ2) is 7.66. The first-order valence-corrected chi connectivity index (χ1v) is 8.20. The quantitative estimate of drug-likeness (QED) is 0.749. The molecule has 0 fully saturated rings. The Balaban J connectivity index is 1.83. The molecule has 5 nitrogen and oxygen atoms in total. The molecule has 0 amide bonds. The molecule has 128 valence electrons. The van der Waals surface area contributed by atoms with E-state index in [1.165, 1.54) is 5.56 Å². The van der Waals surface area contributed by atoms with E-state index in [0.29, 0.717) is 23.8 Å². The number of hydrogen-bond acceptors (Lipinski definition) is 4. The minimum Gasteiger partial charge on any atom is -0.495 e. The molecule has 0 aliphatic rings. The van der Waals surface area contributed by atoms with Crippen molar-refractivity contribution in [3.8, 4) is 11.4 Å². The molecule has 3 rings (SSSR count). The van der Waals surface area contributed by atoms with Crippen molar-refractivity contribution in [3.05, 3.63) is 82.9 Å². The van der Waals surface area contributed by atoms with Crippen molar-refractivity contribution in [1.82, 2.24) is 9.55 Å². The molecule has 1 heterocycles. The number of aromatic nitrogens is 2. The van der Waals surface area contributed by atoms with E-state index < -0.39 is 0 Å². The number of rotatable bonds is 6. The van der Waals surface area contributed by atoms with Crippen molar-refractivity contribution in [2.45, 2.75) is 12.8 Å². The van der Waals surface area contributed by atoms with Gasteiger partial charge in [-0.3, -0.25) is 9.36 Å². The topological polar surface area (TPSA) is 56.1 Å². The standard InChI is InChI=1S/C20H21N3O2/c1-15(16-8-4-3-5-9-16)14-22-19-20(24)23(13-12-21-19)17-10-6-7-11-18(17)25-2/h3-13,15H,14H2,1-2H3,(H,21,22)/t15-/m0/s1. The maximum atomic E-state index is 12.8. The van der Waals surface area contributed by atoms with Crippen LogP contribution in [0.25, 0.3) is 5.69 Å². The number of hydrogen-bond donors (Lipinski definition) is 1. The lowest BCUT2D eigenvalue weighted by molar-refractivity contribution is 0.412. The van der Waals surface area contributed by atoms with Gasteiger partial charge in [0.15, 0.2) is 5.82 Å². The maximum absolute atomic E-state index is 12.8. The summed E-state index contributed by atoms with van der Waals surface area (Å²) in [6, 6.07) is 17.6. The third-order valence-electron chi connectivity index (χ3n) is 4.13. The predicted molar refractivity (Wildman–Crippen MR) is 99.7 cm³/mol. The number of nitrogens with zero attached hydrogens (tertiary/aromatic N) is 2. The molecular formula is C20H21N3O2. The Bertz CT molecular complexity index is 891. The Kier molecular flexibility index (Phi) is 5.14. The monoisotopic (exact) mass is 335 g/mol. The highest BCUT2D eigenvalue weighted by Crippen LogP contribution is 2.20. The third-order valence-corrected chi connectivity index (χ3v) is 4.13. The molecule has 0 radical (unpaired) electrons. The van der Waals surface area contributed by atoms with Gasteiger partial charge in [0, 0.05) is 18.9 Å². The van der Waals surface area contributed by atoms with Crippen LogP contribution in [0.5, 0.6) is 5.75 Å². The fraction of sp³-hybridized carbons (Fsp3) is 0.200. The van der Waals surface area contributed by atoms with E-state index in [2.05, 4.69) is 29.4 Å². The molecule has 0 spiro atoms. The van der Waals surface area contributed by atoms with Crippen molar-refractivity contribution in [2.75, 3.05) is 19.0 Å². The molecule has 2 aromatic carbocycles. The van der Waals surface area contributed by atoms with Gasteiger partial charge in [-0.2, -0.15) is 0 Å². The summed E-state index contributed by atoms with van der Waals surface area (Å²) in [5.41, 5.74) is 1.71. The van der Waals surface area contributed by atoms with Gasteiger partial charge in [0.2, 0.25) is 0 Å². The van der Waals surface area contributed by atoms with Gasteiger partial charge in [0.1, 0.15) is 5.75 Å². The van der Waals surface area contributed by atoms with Gasteiger partial charge < -0.3 is 10.1 Å². The van der Waals surface area contributed by atoms with Crippen molar-refractivity contribution in [2.24, 2.45) is 0 Å². The van der Waals surface area contributed by atoms with Crippen LogP contribution in [0, 0.1) is 0 Å². The van der Waals surface area contributed by atoms with Crippen molar-refractivity contribution >= 4 is 5.82 Å². The van der Waals surface area contributed by atoms with Crippen LogP contribution in [-0.2, 0) is 0 Å². The number of nitrogens with one attached hydrogen (secondary N) is 1. The third kappa shape index (κ3) is 3.71. The molecule has 0 aliphatic heterocycles. The van der Waals surface area contributed by atoms with Gasteiger partial charge in [-0.25, -0.2) is 4.98 Å². The molecule has 1 atom stereocenters. The molecular weight excluding hydrogens is 314 g/mol. The van der Waals surface area contributed by atoms with Crippen LogP contribution in [0.4, 0.5) is 5.82 Å². The van der Waals surface area contributed by atoms with Gasteiger partial charge in [-0.1, -0.05) is 49.4 Å². The number of benzene rings is 2. The maximum Gasteiger partial charge on any atom is 0.297 e. The lowest BCUT2D eigenvalue weighted by atomic mass is 10.0. The SMILES string of the molecule is COc1ccccc1-n1ccnc(NC[C@H](C)c2ccccc2)c1=O. The zero-order valence-corrected chi connectivity index (χ0v) is 14.3. The van der Waals surface area contributed by atoms with Crippen molar-refractivity contribution < 1.29 is 4.74 Å². The van der Waals surface area contributed by atoms with Crippen LogP contribution in [0.15, 0.2) is 71.8 Å². The first-order chi connectivity index (χ1) is 12.2. The minimum atomic E-state index is -0.202. The minimum absolute atomic E-state index is 0.202. The number of methoxy groups -OCH3 is 1. The summed E-state index contributed by atoms with van der Waals surface area (Å²) >= 11 is 0. The average Bonchev–Trinajstić information content (AvgIpc) is 2.67. The summed E-state index contributed by atoms with van der Waals surface area (Å²) in [6.07, 6.45) is 3.26. The van der Waals surface area contributed by atoms with E-state index in [9.17, 15) is 4.79 Å². The van der Waals surface area contributed by atoms with Crippen molar-refractivity contribution in [3.63, 3.8) is 0 Å². The zero-order valence-electron chi connectivity index (χ0n) is 14.3. The molecule has 0 aliphatic carbocycles. The van der Waals surface area contributed by atoms with Crippen LogP contribution in [0.2, 0.25) is 0 Å². The van der Waals surface area contributed by atoms with E-state index in [4.69, 9.17) is 4.74 Å². The van der Waals surface area contributed by atoms with Crippen LogP contribution < -0.4 is 15.6 Å². The normalized spacial score (nSPS) is 11.8. The average molecular weight is 335 g/mol. The lowest BCUT2D eigenvalue weighted by Gasteiger charge is -2.15. The number of ether oxygens (including phenoxy) is 1. The first kappa shape index (κ1) is 16.8. The highest BCUT2D eigenvalue weighted by atomic mass is 16.5. The summed E-state index contributed by atoms with van der Waals surface area (Å²) in [7, 11) is 1.59. The van der Waals surface area contributed by atoms with Gasteiger partial charge in [0.25, 0.3) is 5.56 Å². The fourth-order valence-electron chi connectivity index (χ4n) is 2.70. The first-order valence-electron chi connectivity index (χ1n) is 8.20. The van der Waals surface area contributed by atoms with E-state index in [-0.39, 0.29) is 11.5 Å². The summed E-state index contributed by atoms with van der Waals surface area (Å²) in [4.78, 5) is 17.0. The largest absolute Gasteiger partial charge is 0.495 e. The molecule has 1 N–H and O–H groups in total. The Labute approximate surface area is 146 Å². The van der Waals surface area contributed by atoms with Gasteiger partial charge in [0.05, 0.1) is 12.8 Å². The van der Waals surface area contributed by atoms with E-state index in [1.54, 1.807) is 24.1 Å². The van der Waals surface area contributed by atoms with Crippen LogP contribution in [-0.4, -0.2) is 23.2 Å². The van der Waals surface area contributed by atoms with Crippen LogP contribution in [0.3, 0.4) is 0 Å². The molecule has 0 bridgehead atoms. The second-order valence-corrected chi connectivity index (χ2v) is 5.82. The van der Waals surface area contributed by atoms with E-state index in [0.717, 1.165) is 0 Å². The highest BCUT2D eigenvalue weighted by Gasteiger charge is 2.11. The molecule has 0 unspecified atom stereocenters. The van der Waals surface area contributed by atoms with Crippen LogP contribution >= 0.6 is 0 Å². The molecule has 5 heteroatoms. The predicted octanol–water partition coefficient (Wildman–Crippen LogP) is 3.46. The fourth-order valence-corrected chi connectivity index (χ4v) is 2.70. The molecule has 25 heavy (non-hydrogen) atoms. The van der Waals surface area contributed by atoms with Gasteiger partial charge >= 0.3 is 0 Å². The van der Waals surface area contributed by atoms with Gasteiger partial charge in [-0.05, 0) is 23.6 Å². The van der Waals surface area contributed by atoms with Gasteiger partial charge in [-0.15, -0.1) is 0 Å². The number of para-hydroxylation sites is 2. The number of anilines is 1. The zero-order chi connectivity index (χ0) is 17.6. The molecule has 0 saturated carbocycles. The Morgan fingerprint density at radius 1 is 1.12 bits per heavy atom. The Morgan fingerprint density at radius 3 is 2.60 bits per heavy atom. The molecule has 3 aromatic rings. The highest BCUT2D eigenvalue weighted by molar-refractivity contribution is 5.48. The smallest absolute Gasteiger partial charge is 0.297 e. The van der Waals surface area contributed by atoms with E-state index >= 15 is 0 Å². The Morgan fingerprint density at radius 2 is 1.84 bits per heavy atom. The summed E-state index contributed by atoms with van der Waals surface area (Å²) in [6.45, 7) is 2.74. The summed E-state index contributed by atoms with van der Waals surface area (Å²) in [5.74, 6) is 1.23. The van der Waals surface area contributed by atoms with Crippen molar-refractivity contribution in [1.29, 1.82) is 0 Å². The van der Waals surface area contributed by atoms with Crippen LogP contribution in [0.1, 0.15) is 18.4 Å². The molecule has 1 aromatic heterocycles. The summed E-state index contributed by atoms with van der Waals surface area (Å²) < 4.78 is 6.89. The Hall–Kier alpha value is -3.08. The molecule has 0 saturated heterocycles. The van der Waals surface area contributed by atoms with E-state index in [1.807, 2.05) is 42.5 Å². The lowest BCUT2D eigenvalue weighted by Crippen LogP contribution is -2.25. The second-order valence-electron chi connectivity index (χ2n) is 5.82.